The predicted octanol–water partition coefficient (Wildman–Crippen LogP) is 3.79. The molecule has 21 heavy (non-hydrogen) atoms. The van der Waals surface area contributed by atoms with E-state index in [1.807, 2.05) is 67.6 Å². The van der Waals surface area contributed by atoms with Crippen LogP contribution < -0.4 is 0 Å². The Kier molecular flexibility index (Phi) is 3.67. The number of allylic oxidation sites excluding steroid dienone is 1. The zero-order valence-electron chi connectivity index (χ0n) is 12.0. The van der Waals surface area contributed by atoms with E-state index < -0.39 is 0 Å². The van der Waals surface area contributed by atoms with E-state index in [9.17, 15) is 0 Å². The van der Waals surface area contributed by atoms with Crippen molar-refractivity contribution in [1.29, 1.82) is 0 Å². The molecule has 0 aliphatic carbocycles. The molecule has 0 unspecified atom stereocenters. The van der Waals surface area contributed by atoms with Crippen LogP contribution in [0.5, 0.6) is 0 Å². The molecule has 0 radical (unpaired) electrons. The minimum absolute atomic E-state index is 0.660. The highest BCUT2D eigenvalue weighted by Crippen LogP contribution is 2.31. The van der Waals surface area contributed by atoms with Crippen molar-refractivity contribution in [3.63, 3.8) is 0 Å². The quantitative estimate of drug-likeness (QED) is 0.840. The maximum Gasteiger partial charge on any atom is 0.113 e. The van der Waals surface area contributed by atoms with Gasteiger partial charge in [0.15, 0.2) is 0 Å². The van der Waals surface area contributed by atoms with Crippen molar-refractivity contribution >= 4 is 23.0 Å². The van der Waals surface area contributed by atoms with E-state index >= 15 is 0 Å². The normalized spacial score (nSPS) is 15.3. The van der Waals surface area contributed by atoms with Crippen molar-refractivity contribution in [3.8, 4) is 0 Å². The van der Waals surface area contributed by atoms with Crippen LogP contribution in [0.4, 0.5) is 0 Å². The predicted molar refractivity (Wildman–Crippen MR) is 87.7 cm³/mol. The average molecular weight is 298 g/mol. The van der Waals surface area contributed by atoms with Gasteiger partial charge in [0.1, 0.15) is 5.71 Å². The zero-order valence-corrected chi connectivity index (χ0v) is 12.7. The number of benzene rings is 2. The fraction of sp³-hybridized carbons (Fsp3) is 0.118. The summed E-state index contributed by atoms with van der Waals surface area (Å²) in [6.07, 6.45) is 0. The highest BCUT2D eigenvalue weighted by molar-refractivity contribution is 6.49. The summed E-state index contributed by atoms with van der Waals surface area (Å²) in [4.78, 5) is 0. The number of hydrazine groups is 1. The van der Waals surface area contributed by atoms with Crippen molar-refractivity contribution in [3.05, 3.63) is 76.8 Å². The van der Waals surface area contributed by atoms with Gasteiger partial charge in [0.2, 0.25) is 0 Å². The smallest absolute Gasteiger partial charge is 0.113 e. The number of hydrazone groups is 1. The summed E-state index contributed by atoms with van der Waals surface area (Å²) in [5, 5.41) is 8.99. The summed E-state index contributed by atoms with van der Waals surface area (Å²) in [6, 6.07) is 20.1. The van der Waals surface area contributed by atoms with Crippen LogP contribution in [0.25, 0.3) is 5.70 Å². The van der Waals surface area contributed by atoms with Gasteiger partial charge in [-0.05, 0) is 0 Å². The van der Waals surface area contributed by atoms with Crippen molar-refractivity contribution in [2.75, 3.05) is 14.1 Å². The Balaban J connectivity index is 2.15. The summed E-state index contributed by atoms with van der Waals surface area (Å²) >= 11 is 6.66. The molecule has 0 amide bonds. The third kappa shape index (κ3) is 2.52. The first-order chi connectivity index (χ1) is 10.2. The van der Waals surface area contributed by atoms with Crippen LogP contribution in [0.1, 0.15) is 11.1 Å². The lowest BCUT2D eigenvalue weighted by molar-refractivity contribution is 0.0950. The van der Waals surface area contributed by atoms with Gasteiger partial charge >= 0.3 is 0 Å². The summed E-state index contributed by atoms with van der Waals surface area (Å²) < 4.78 is 0. The first kappa shape index (κ1) is 13.7. The lowest BCUT2D eigenvalue weighted by Crippen LogP contribution is -2.36. The Hall–Kier alpha value is -2.26. The molecule has 0 atom stereocenters. The molecule has 3 rings (SSSR count). The van der Waals surface area contributed by atoms with Gasteiger partial charge in [0.05, 0.1) is 10.7 Å². The minimum atomic E-state index is 0.660. The number of hydrogen-bond acceptors (Lipinski definition) is 3. The minimum Gasteiger partial charge on any atom is -0.271 e. The van der Waals surface area contributed by atoms with Crippen LogP contribution in [-0.2, 0) is 0 Å². The van der Waals surface area contributed by atoms with Crippen molar-refractivity contribution in [1.82, 2.24) is 10.1 Å². The molecule has 0 aromatic heterocycles. The van der Waals surface area contributed by atoms with Crippen LogP contribution in [-0.4, -0.2) is 29.9 Å². The molecule has 1 aliphatic heterocycles. The molecule has 0 saturated carbocycles. The van der Waals surface area contributed by atoms with Gasteiger partial charge in [-0.25, -0.2) is 5.12 Å². The second kappa shape index (κ2) is 5.62. The number of hydrogen-bond donors (Lipinski definition) is 0. The van der Waals surface area contributed by atoms with E-state index in [4.69, 9.17) is 11.6 Å². The summed E-state index contributed by atoms with van der Waals surface area (Å²) in [7, 11) is 3.87. The van der Waals surface area contributed by atoms with Crippen molar-refractivity contribution in [2.24, 2.45) is 5.10 Å². The Labute approximate surface area is 129 Å². The molecule has 0 spiro atoms. The van der Waals surface area contributed by atoms with E-state index in [-0.39, 0.29) is 0 Å². The SMILES string of the molecule is CN1N=C(c2ccccc2)C(Cl)=C(c2ccccc2)N1C. The third-order valence-corrected chi connectivity index (χ3v) is 3.87. The van der Waals surface area contributed by atoms with Crippen molar-refractivity contribution < 1.29 is 0 Å². The second-order valence-corrected chi connectivity index (χ2v) is 5.23. The van der Waals surface area contributed by atoms with Gasteiger partial charge in [-0.3, -0.25) is 5.01 Å². The molecule has 2 aromatic carbocycles. The Morgan fingerprint density at radius 3 is 1.90 bits per heavy atom. The van der Waals surface area contributed by atoms with E-state index in [0.717, 1.165) is 22.5 Å². The fourth-order valence-electron chi connectivity index (χ4n) is 2.34. The molecule has 0 N–H and O–H groups in total. The highest BCUT2D eigenvalue weighted by atomic mass is 35.5. The molecular weight excluding hydrogens is 282 g/mol. The lowest BCUT2D eigenvalue weighted by Gasteiger charge is -2.35. The molecule has 3 nitrogen and oxygen atoms in total. The molecule has 106 valence electrons. The van der Waals surface area contributed by atoms with Gasteiger partial charge in [0.25, 0.3) is 0 Å². The largest absolute Gasteiger partial charge is 0.271 e. The summed E-state index contributed by atoms with van der Waals surface area (Å²) in [5.41, 5.74) is 3.82. The van der Waals surface area contributed by atoms with Crippen LogP contribution in [0.15, 0.2) is 70.8 Å². The third-order valence-electron chi connectivity index (χ3n) is 3.51. The molecule has 1 heterocycles. The van der Waals surface area contributed by atoms with E-state index in [0.29, 0.717) is 5.03 Å². The Bertz CT molecular complexity index is 692. The molecule has 0 bridgehead atoms. The van der Waals surface area contributed by atoms with Crippen molar-refractivity contribution in [2.45, 2.75) is 0 Å². The Morgan fingerprint density at radius 1 is 0.810 bits per heavy atom. The summed E-state index contributed by atoms with van der Waals surface area (Å²) in [5.74, 6) is 0. The molecule has 4 heteroatoms. The van der Waals surface area contributed by atoms with Gasteiger partial charge in [-0.2, -0.15) is 5.10 Å². The highest BCUT2D eigenvalue weighted by Gasteiger charge is 2.25. The van der Waals surface area contributed by atoms with Gasteiger partial charge < -0.3 is 0 Å². The second-order valence-electron chi connectivity index (χ2n) is 4.86. The van der Waals surface area contributed by atoms with E-state index in [2.05, 4.69) is 17.2 Å². The Morgan fingerprint density at radius 2 is 1.33 bits per heavy atom. The van der Waals surface area contributed by atoms with E-state index in [1.54, 1.807) is 5.12 Å². The summed E-state index contributed by atoms with van der Waals surface area (Å²) in [6.45, 7) is 0. The van der Waals surface area contributed by atoms with E-state index in [1.165, 1.54) is 0 Å². The molecule has 1 aliphatic rings. The van der Waals surface area contributed by atoms with Crippen LogP contribution >= 0.6 is 11.6 Å². The van der Waals surface area contributed by atoms with Crippen LogP contribution in [0.2, 0.25) is 0 Å². The van der Waals surface area contributed by atoms with Gasteiger partial charge in [-0.15, -0.1) is 0 Å². The van der Waals surface area contributed by atoms with Gasteiger partial charge in [-0.1, -0.05) is 72.3 Å². The molecule has 2 aromatic rings. The molecule has 0 saturated heterocycles. The topological polar surface area (TPSA) is 18.8 Å². The number of rotatable bonds is 2. The average Bonchev–Trinajstić information content (AvgIpc) is 2.53. The monoisotopic (exact) mass is 297 g/mol. The first-order valence-electron chi connectivity index (χ1n) is 6.75. The number of nitrogens with zero attached hydrogens (tertiary/aromatic N) is 3. The first-order valence-corrected chi connectivity index (χ1v) is 7.13. The molecule has 0 fully saturated rings. The van der Waals surface area contributed by atoms with Crippen LogP contribution in [0, 0.1) is 0 Å². The standard InChI is InChI=1S/C17H16ClN3/c1-20-17(14-11-7-4-8-12-14)15(18)16(19-21(20)2)13-9-5-3-6-10-13/h3-12H,1-2H3. The maximum absolute atomic E-state index is 6.66. The molecular formula is C17H16ClN3. The van der Waals surface area contributed by atoms with Crippen LogP contribution in [0.3, 0.4) is 0 Å². The maximum atomic E-state index is 6.66. The van der Waals surface area contributed by atoms with Gasteiger partial charge in [0, 0.05) is 25.2 Å². The number of halogens is 1. The zero-order chi connectivity index (χ0) is 14.8. The lowest BCUT2D eigenvalue weighted by atomic mass is 10.0. The fourth-order valence-corrected chi connectivity index (χ4v) is 2.72.